The number of carbonyl (C=O) groups excluding carboxylic acids is 1. The zero-order valence-electron chi connectivity index (χ0n) is 19.0. The van der Waals surface area contributed by atoms with Gasteiger partial charge in [0.25, 0.3) is 11.8 Å². The van der Waals surface area contributed by atoms with E-state index in [0.717, 1.165) is 0 Å². The van der Waals surface area contributed by atoms with Crippen LogP contribution in [-0.4, -0.2) is 63.1 Å². The highest BCUT2D eigenvalue weighted by Gasteiger charge is 2.42. The number of hydrogen-bond donors (Lipinski definition) is 1. The van der Waals surface area contributed by atoms with Gasteiger partial charge < -0.3 is 19.5 Å². The molecule has 1 N–H and O–H groups in total. The molecule has 2 aromatic rings. The fourth-order valence-corrected chi connectivity index (χ4v) is 4.22. The summed E-state index contributed by atoms with van der Waals surface area (Å²) in [6, 6.07) is 1.16. The van der Waals surface area contributed by atoms with Crippen LogP contribution in [0.15, 0.2) is 12.3 Å². The van der Waals surface area contributed by atoms with E-state index in [1.54, 1.807) is 22.7 Å². The van der Waals surface area contributed by atoms with Crippen LogP contribution in [0.3, 0.4) is 0 Å². The molecule has 31 heavy (non-hydrogen) atoms. The first kappa shape index (κ1) is 22.4. The lowest BCUT2D eigenvalue weighted by atomic mass is 9.95. The van der Waals surface area contributed by atoms with Crippen LogP contribution in [0.1, 0.15) is 55.0 Å². The summed E-state index contributed by atoms with van der Waals surface area (Å²) >= 11 is 0. The first-order valence-electron chi connectivity index (χ1n) is 9.96. The van der Waals surface area contributed by atoms with E-state index in [1.165, 1.54) is 25.3 Å². The van der Waals surface area contributed by atoms with Gasteiger partial charge in [-0.05, 0) is 34.1 Å². The van der Waals surface area contributed by atoms with Gasteiger partial charge in [-0.1, -0.05) is 0 Å². The van der Waals surface area contributed by atoms with Crippen molar-refractivity contribution in [2.24, 2.45) is 7.05 Å². The Bertz CT molecular complexity index is 1010. The second kappa shape index (κ2) is 8.09. The van der Waals surface area contributed by atoms with Crippen molar-refractivity contribution in [2.75, 3.05) is 25.7 Å². The number of methoxy groups -OCH3 is 2. The van der Waals surface area contributed by atoms with Crippen LogP contribution in [0.5, 0.6) is 11.6 Å². The monoisotopic (exact) mass is 431 g/mol. The van der Waals surface area contributed by atoms with E-state index in [9.17, 15) is 14.7 Å². The van der Waals surface area contributed by atoms with E-state index in [1.807, 2.05) is 27.7 Å². The molecule has 0 aromatic carbocycles. The maximum atomic E-state index is 13.4. The van der Waals surface area contributed by atoms with Gasteiger partial charge in [-0.3, -0.25) is 14.4 Å². The lowest BCUT2D eigenvalue weighted by molar-refractivity contribution is 0.0629. The molecule has 0 bridgehead atoms. The van der Waals surface area contributed by atoms with Gasteiger partial charge in [-0.2, -0.15) is 5.10 Å². The zero-order valence-corrected chi connectivity index (χ0v) is 19.0. The summed E-state index contributed by atoms with van der Waals surface area (Å²) in [4.78, 5) is 32.8. The third kappa shape index (κ3) is 3.89. The Hall–Kier alpha value is -3.30. The Labute approximate surface area is 181 Å². The Balaban J connectivity index is 2.07. The molecule has 1 aliphatic rings. The fraction of sp³-hybridized carbons (Fsp3) is 0.524. The number of rotatable bonds is 4. The Morgan fingerprint density at radius 3 is 2.48 bits per heavy atom. The molecule has 1 aliphatic heterocycles. The topological polar surface area (TPSA) is 110 Å². The molecule has 0 spiro atoms. The van der Waals surface area contributed by atoms with Gasteiger partial charge in [0.1, 0.15) is 0 Å². The van der Waals surface area contributed by atoms with Gasteiger partial charge in [-0.15, -0.1) is 0 Å². The number of aromatic nitrogens is 3. The van der Waals surface area contributed by atoms with E-state index in [4.69, 9.17) is 9.47 Å². The summed E-state index contributed by atoms with van der Waals surface area (Å²) in [5.74, 6) is 0.385. The molecule has 0 saturated heterocycles. The normalized spacial score (nSPS) is 16.0. The van der Waals surface area contributed by atoms with Crippen molar-refractivity contribution in [3.05, 3.63) is 29.2 Å². The third-order valence-electron chi connectivity index (χ3n) is 5.41. The molecule has 3 heterocycles. The second-order valence-electron chi connectivity index (χ2n) is 8.46. The van der Waals surface area contributed by atoms with Gasteiger partial charge in [-0.25, -0.2) is 9.78 Å². The highest BCUT2D eigenvalue weighted by molar-refractivity contribution is 6.07. The van der Waals surface area contributed by atoms with Crippen molar-refractivity contribution >= 4 is 17.7 Å². The zero-order chi connectivity index (χ0) is 23.1. The van der Waals surface area contributed by atoms with E-state index in [2.05, 4.69) is 10.1 Å². The molecule has 1 atom stereocenters. The van der Waals surface area contributed by atoms with E-state index < -0.39 is 17.7 Å². The standard InChI is InChI=1S/C21H29N5O5/c1-12-16-17(24(5)23-12)14(26(20(28)29)21(2,3)4)8-9-25(16)19(27)13-10-15(30-6)18(31-7)22-11-13/h10-11,14H,8-9H2,1-7H3,(H,28,29). The molecule has 1 unspecified atom stereocenters. The molecular weight excluding hydrogens is 402 g/mol. The van der Waals surface area contributed by atoms with Gasteiger partial charge in [0.05, 0.1) is 42.9 Å². The lowest BCUT2D eigenvalue weighted by Gasteiger charge is -2.43. The number of aryl methyl sites for hydroxylation is 2. The summed E-state index contributed by atoms with van der Waals surface area (Å²) < 4.78 is 12.1. The van der Waals surface area contributed by atoms with Gasteiger partial charge >= 0.3 is 6.09 Å². The van der Waals surface area contributed by atoms with Crippen molar-refractivity contribution in [3.63, 3.8) is 0 Å². The van der Waals surface area contributed by atoms with Gasteiger partial charge in [0.2, 0.25) is 0 Å². The molecule has 0 saturated carbocycles. The molecule has 0 radical (unpaired) electrons. The lowest BCUT2D eigenvalue weighted by Crippen LogP contribution is -2.50. The SMILES string of the molecule is COc1cc(C(=O)N2CCC(N(C(=O)O)C(C)(C)C)c3c2c(C)nn3C)cnc1OC. The summed E-state index contributed by atoms with van der Waals surface area (Å²) in [7, 11) is 4.73. The fourth-order valence-electron chi connectivity index (χ4n) is 4.22. The molecule has 10 nitrogen and oxygen atoms in total. The van der Waals surface area contributed by atoms with Crippen LogP contribution in [0.2, 0.25) is 0 Å². The number of nitrogens with zero attached hydrogens (tertiary/aromatic N) is 5. The molecule has 168 valence electrons. The number of amides is 2. The van der Waals surface area contributed by atoms with Crippen LogP contribution in [0, 0.1) is 6.92 Å². The highest BCUT2D eigenvalue weighted by atomic mass is 16.5. The number of pyridine rings is 1. The number of fused-ring (bicyclic) bond motifs is 1. The first-order valence-corrected chi connectivity index (χ1v) is 9.96. The second-order valence-corrected chi connectivity index (χ2v) is 8.46. The summed E-state index contributed by atoms with van der Waals surface area (Å²) in [5.41, 5.74) is 1.71. The number of anilines is 1. The van der Waals surface area contributed by atoms with Crippen molar-refractivity contribution in [3.8, 4) is 11.6 Å². The number of ether oxygens (including phenoxy) is 2. The highest BCUT2D eigenvalue weighted by Crippen LogP contribution is 2.42. The predicted octanol–water partition coefficient (Wildman–Crippen LogP) is 3.01. The minimum absolute atomic E-state index is 0.262. The molecule has 10 heteroatoms. The molecule has 0 fully saturated rings. The van der Waals surface area contributed by atoms with Crippen LogP contribution in [0.4, 0.5) is 10.5 Å². The maximum Gasteiger partial charge on any atom is 0.408 e. The van der Waals surface area contributed by atoms with Crippen LogP contribution in [-0.2, 0) is 7.05 Å². The largest absolute Gasteiger partial charge is 0.491 e. The van der Waals surface area contributed by atoms with E-state index >= 15 is 0 Å². The summed E-state index contributed by atoms with van der Waals surface area (Å²) in [5, 5.41) is 14.4. The average Bonchev–Trinajstić information content (AvgIpc) is 3.00. The summed E-state index contributed by atoms with van der Waals surface area (Å²) in [6.45, 7) is 7.73. The van der Waals surface area contributed by atoms with Crippen LogP contribution < -0.4 is 14.4 Å². The maximum absolute atomic E-state index is 13.4. The molecule has 2 amide bonds. The first-order chi connectivity index (χ1) is 14.5. The minimum atomic E-state index is -1.01. The van der Waals surface area contributed by atoms with Gasteiger partial charge in [0.15, 0.2) is 5.75 Å². The third-order valence-corrected chi connectivity index (χ3v) is 5.41. The Morgan fingerprint density at radius 1 is 1.26 bits per heavy atom. The Morgan fingerprint density at radius 2 is 1.94 bits per heavy atom. The quantitative estimate of drug-likeness (QED) is 0.792. The number of carbonyl (C=O) groups is 2. The number of carboxylic acid groups (broad SMARTS) is 1. The molecule has 2 aromatic heterocycles. The Kier molecular flexibility index (Phi) is 5.84. The van der Waals surface area contributed by atoms with Crippen LogP contribution >= 0.6 is 0 Å². The number of hydrogen-bond acceptors (Lipinski definition) is 6. The minimum Gasteiger partial charge on any atom is -0.491 e. The van der Waals surface area contributed by atoms with E-state index in [0.29, 0.717) is 47.2 Å². The van der Waals surface area contributed by atoms with Crippen LogP contribution in [0.25, 0.3) is 0 Å². The van der Waals surface area contributed by atoms with Crippen molar-refractivity contribution in [1.82, 2.24) is 19.7 Å². The predicted molar refractivity (Wildman–Crippen MR) is 114 cm³/mol. The van der Waals surface area contributed by atoms with Crippen molar-refractivity contribution in [1.29, 1.82) is 0 Å². The van der Waals surface area contributed by atoms with Gasteiger partial charge in [0, 0.05) is 31.4 Å². The smallest absolute Gasteiger partial charge is 0.408 e. The average molecular weight is 431 g/mol. The van der Waals surface area contributed by atoms with Crippen molar-refractivity contribution < 1.29 is 24.2 Å². The molecular formula is C21H29N5O5. The molecule has 3 rings (SSSR count). The molecule has 0 aliphatic carbocycles. The van der Waals surface area contributed by atoms with Crippen molar-refractivity contribution in [2.45, 2.75) is 45.7 Å². The van der Waals surface area contributed by atoms with E-state index in [-0.39, 0.29) is 5.91 Å². The summed E-state index contributed by atoms with van der Waals surface area (Å²) in [6.07, 6.45) is 0.883.